The molecule has 1 aliphatic rings. The van der Waals surface area contributed by atoms with Gasteiger partial charge in [0, 0.05) is 13.7 Å². The van der Waals surface area contributed by atoms with E-state index in [0.717, 1.165) is 19.5 Å². The third-order valence-electron chi connectivity index (χ3n) is 2.42. The quantitative estimate of drug-likeness (QED) is 0.739. The number of amides is 1. The second-order valence-corrected chi connectivity index (χ2v) is 5.02. The second-order valence-electron chi connectivity index (χ2n) is 5.02. The summed E-state index contributed by atoms with van der Waals surface area (Å²) in [4.78, 5) is 11.6. The number of piperidine rings is 1. The Morgan fingerprint density at radius 2 is 2.12 bits per heavy atom. The van der Waals surface area contributed by atoms with Gasteiger partial charge >= 0.3 is 6.09 Å². The lowest BCUT2D eigenvalue weighted by atomic mass is 10.0. The highest BCUT2D eigenvalue weighted by Crippen LogP contribution is 2.10. The van der Waals surface area contributed by atoms with E-state index in [2.05, 4.69) is 10.6 Å². The molecule has 94 valence electrons. The third-order valence-corrected chi connectivity index (χ3v) is 2.42. The summed E-state index contributed by atoms with van der Waals surface area (Å²) in [6, 6.07) is -0.0198. The molecule has 0 bridgehead atoms. The maximum atomic E-state index is 11.6. The van der Waals surface area contributed by atoms with Crippen LogP contribution in [0.1, 0.15) is 27.2 Å². The lowest BCUT2D eigenvalue weighted by molar-refractivity contribution is 0.0250. The molecule has 0 aromatic rings. The minimum absolute atomic E-state index is 0.0198. The zero-order chi connectivity index (χ0) is 12.2. The Morgan fingerprint density at radius 3 is 2.69 bits per heavy atom. The number of rotatable bonds is 2. The molecule has 5 nitrogen and oxygen atoms in total. The van der Waals surface area contributed by atoms with Gasteiger partial charge < -0.3 is 20.1 Å². The molecule has 1 fully saturated rings. The molecule has 1 aliphatic heterocycles. The van der Waals surface area contributed by atoms with Crippen molar-refractivity contribution in [2.45, 2.75) is 44.9 Å². The highest BCUT2D eigenvalue weighted by molar-refractivity contribution is 5.68. The zero-order valence-electron chi connectivity index (χ0n) is 10.5. The van der Waals surface area contributed by atoms with Crippen molar-refractivity contribution in [3.8, 4) is 0 Å². The number of alkyl carbamates (subject to hydrolysis) is 1. The van der Waals surface area contributed by atoms with Gasteiger partial charge in [-0.15, -0.1) is 0 Å². The molecule has 16 heavy (non-hydrogen) atoms. The van der Waals surface area contributed by atoms with E-state index in [1.807, 2.05) is 20.8 Å². The molecule has 1 amide bonds. The summed E-state index contributed by atoms with van der Waals surface area (Å²) >= 11 is 0. The van der Waals surface area contributed by atoms with Crippen LogP contribution in [0.5, 0.6) is 0 Å². The van der Waals surface area contributed by atoms with Crippen molar-refractivity contribution < 1.29 is 14.3 Å². The van der Waals surface area contributed by atoms with E-state index in [-0.39, 0.29) is 18.2 Å². The first-order valence-electron chi connectivity index (χ1n) is 5.65. The van der Waals surface area contributed by atoms with Crippen LogP contribution in [0.4, 0.5) is 4.79 Å². The standard InChI is InChI=1S/C11H22N2O3/c1-11(2,3)16-10(14)13-8-7-12-6-5-9(8)15-4/h8-9,12H,5-7H2,1-4H3,(H,13,14)/t8-,9+/m0/s1. The van der Waals surface area contributed by atoms with Gasteiger partial charge in [0.05, 0.1) is 12.1 Å². The van der Waals surface area contributed by atoms with Crippen molar-refractivity contribution in [3.63, 3.8) is 0 Å². The summed E-state index contributed by atoms with van der Waals surface area (Å²) < 4.78 is 10.5. The van der Waals surface area contributed by atoms with E-state index in [0.29, 0.717) is 0 Å². The van der Waals surface area contributed by atoms with Gasteiger partial charge in [0.2, 0.25) is 0 Å². The Labute approximate surface area is 96.9 Å². The Hall–Kier alpha value is -0.810. The second kappa shape index (κ2) is 5.50. The molecule has 0 saturated carbocycles. The van der Waals surface area contributed by atoms with Crippen molar-refractivity contribution in [3.05, 3.63) is 0 Å². The summed E-state index contributed by atoms with van der Waals surface area (Å²) in [7, 11) is 1.67. The lowest BCUT2D eigenvalue weighted by Gasteiger charge is -2.32. The molecular formula is C11H22N2O3. The third kappa shape index (κ3) is 4.37. The number of carbonyl (C=O) groups is 1. The van der Waals surface area contributed by atoms with Gasteiger partial charge in [0.15, 0.2) is 0 Å². The summed E-state index contributed by atoms with van der Waals surface area (Å²) in [5.74, 6) is 0. The molecule has 5 heteroatoms. The molecule has 2 atom stereocenters. The van der Waals surface area contributed by atoms with Gasteiger partial charge in [-0.3, -0.25) is 0 Å². The van der Waals surface area contributed by atoms with Crippen LogP contribution in [0, 0.1) is 0 Å². The molecule has 0 aromatic heterocycles. The summed E-state index contributed by atoms with van der Waals surface area (Å²) in [5.41, 5.74) is -0.464. The molecule has 0 aliphatic carbocycles. The van der Waals surface area contributed by atoms with Crippen molar-refractivity contribution in [1.82, 2.24) is 10.6 Å². The fourth-order valence-corrected chi connectivity index (χ4v) is 1.72. The highest BCUT2D eigenvalue weighted by atomic mass is 16.6. The van der Waals surface area contributed by atoms with Gasteiger partial charge in [0.1, 0.15) is 5.60 Å². The Bertz CT molecular complexity index is 238. The van der Waals surface area contributed by atoms with Crippen molar-refractivity contribution in [2.75, 3.05) is 20.2 Å². The first-order valence-corrected chi connectivity index (χ1v) is 5.65. The largest absolute Gasteiger partial charge is 0.444 e. The summed E-state index contributed by atoms with van der Waals surface area (Å²) in [5, 5.41) is 6.04. The minimum Gasteiger partial charge on any atom is -0.444 e. The predicted octanol–water partition coefficient (Wildman–Crippen LogP) is 0.888. The van der Waals surface area contributed by atoms with E-state index < -0.39 is 5.60 Å². The van der Waals surface area contributed by atoms with Crippen LogP contribution in [0.15, 0.2) is 0 Å². The lowest BCUT2D eigenvalue weighted by Crippen LogP contribution is -2.55. The SMILES string of the molecule is CO[C@@H]1CCNC[C@@H]1NC(=O)OC(C)(C)C. The van der Waals surface area contributed by atoms with Gasteiger partial charge in [-0.25, -0.2) is 4.79 Å². The average molecular weight is 230 g/mol. The topological polar surface area (TPSA) is 59.6 Å². The fraction of sp³-hybridized carbons (Fsp3) is 0.909. The molecule has 0 aromatic carbocycles. The predicted molar refractivity (Wildman–Crippen MR) is 61.4 cm³/mol. The van der Waals surface area contributed by atoms with Crippen LogP contribution in [-0.4, -0.2) is 44.0 Å². The van der Waals surface area contributed by atoms with Crippen LogP contribution in [0.3, 0.4) is 0 Å². The van der Waals surface area contributed by atoms with E-state index in [1.165, 1.54) is 0 Å². The molecule has 2 N–H and O–H groups in total. The minimum atomic E-state index is -0.464. The van der Waals surface area contributed by atoms with Crippen molar-refractivity contribution in [1.29, 1.82) is 0 Å². The molecular weight excluding hydrogens is 208 g/mol. The first-order chi connectivity index (χ1) is 7.42. The van der Waals surface area contributed by atoms with Crippen LogP contribution in [0.2, 0.25) is 0 Å². The molecule has 1 rings (SSSR count). The maximum absolute atomic E-state index is 11.6. The molecule has 0 unspecified atom stereocenters. The fourth-order valence-electron chi connectivity index (χ4n) is 1.72. The molecule has 1 saturated heterocycles. The number of methoxy groups -OCH3 is 1. The van der Waals surface area contributed by atoms with Gasteiger partial charge in [0.25, 0.3) is 0 Å². The van der Waals surface area contributed by atoms with E-state index in [9.17, 15) is 4.79 Å². The monoisotopic (exact) mass is 230 g/mol. The van der Waals surface area contributed by atoms with Gasteiger partial charge in [-0.1, -0.05) is 0 Å². The van der Waals surface area contributed by atoms with E-state index in [4.69, 9.17) is 9.47 Å². The van der Waals surface area contributed by atoms with Crippen LogP contribution in [-0.2, 0) is 9.47 Å². The zero-order valence-corrected chi connectivity index (χ0v) is 10.5. The van der Waals surface area contributed by atoms with E-state index >= 15 is 0 Å². The Kier molecular flexibility index (Phi) is 4.56. The highest BCUT2D eigenvalue weighted by Gasteiger charge is 2.27. The normalized spacial score (nSPS) is 26.2. The molecule has 0 radical (unpaired) electrons. The number of carbonyl (C=O) groups excluding carboxylic acids is 1. The van der Waals surface area contributed by atoms with Crippen molar-refractivity contribution in [2.24, 2.45) is 0 Å². The van der Waals surface area contributed by atoms with Crippen LogP contribution >= 0.6 is 0 Å². The van der Waals surface area contributed by atoms with Crippen LogP contribution in [0.25, 0.3) is 0 Å². The Morgan fingerprint density at radius 1 is 1.44 bits per heavy atom. The maximum Gasteiger partial charge on any atom is 0.408 e. The number of hydrogen-bond acceptors (Lipinski definition) is 4. The smallest absolute Gasteiger partial charge is 0.408 e. The van der Waals surface area contributed by atoms with Gasteiger partial charge in [-0.2, -0.15) is 0 Å². The first kappa shape index (κ1) is 13.3. The average Bonchev–Trinajstić information content (AvgIpc) is 2.15. The Balaban J connectivity index is 2.42. The summed E-state index contributed by atoms with van der Waals surface area (Å²) in [6.07, 6.45) is 0.578. The van der Waals surface area contributed by atoms with Crippen LogP contribution < -0.4 is 10.6 Å². The van der Waals surface area contributed by atoms with Gasteiger partial charge in [-0.05, 0) is 33.7 Å². The van der Waals surface area contributed by atoms with E-state index in [1.54, 1.807) is 7.11 Å². The molecule has 1 heterocycles. The number of hydrogen-bond donors (Lipinski definition) is 2. The number of nitrogens with one attached hydrogen (secondary N) is 2. The van der Waals surface area contributed by atoms with Crippen molar-refractivity contribution >= 4 is 6.09 Å². The number of ether oxygens (including phenoxy) is 2. The summed E-state index contributed by atoms with van der Waals surface area (Å²) in [6.45, 7) is 7.18. The molecule has 0 spiro atoms.